The van der Waals surface area contributed by atoms with Gasteiger partial charge >= 0.3 is 11.9 Å². The summed E-state index contributed by atoms with van der Waals surface area (Å²) in [5, 5.41) is 15.3. The van der Waals surface area contributed by atoms with Crippen molar-refractivity contribution in [3.05, 3.63) is 93.9 Å². The fraction of sp³-hybridized carbons (Fsp3) is 0.233. The van der Waals surface area contributed by atoms with Crippen LogP contribution in [0, 0.1) is 0 Å². The normalized spacial score (nSPS) is 13.4. The van der Waals surface area contributed by atoms with E-state index < -0.39 is 23.9 Å². The lowest BCUT2D eigenvalue weighted by molar-refractivity contribution is -0.125. The molecule has 0 saturated heterocycles. The van der Waals surface area contributed by atoms with Crippen LogP contribution >= 0.6 is 11.3 Å². The molecule has 0 fully saturated rings. The minimum atomic E-state index is -1.32. The molecule has 1 aromatic heterocycles. The fourth-order valence-electron chi connectivity index (χ4n) is 4.71. The van der Waals surface area contributed by atoms with Crippen molar-refractivity contribution in [2.45, 2.75) is 38.7 Å². The first-order chi connectivity index (χ1) is 18.5. The molecule has 2 N–H and O–H groups in total. The second-order valence-electron chi connectivity index (χ2n) is 9.04. The van der Waals surface area contributed by atoms with Crippen LogP contribution in [0.15, 0.2) is 66.7 Å². The minimum Gasteiger partial charge on any atom is -0.507 e. The first-order valence-electron chi connectivity index (χ1n) is 12.6. The summed E-state index contributed by atoms with van der Waals surface area (Å²) in [5.74, 6) is -2.16. The number of rotatable bonds is 7. The molecule has 0 spiro atoms. The maximum Gasteiger partial charge on any atom is 0.343 e. The number of carbonyl (C=O) groups is 3. The lowest BCUT2D eigenvalue weighted by atomic mass is 9.95. The maximum atomic E-state index is 13.6. The van der Waals surface area contributed by atoms with Crippen LogP contribution in [-0.2, 0) is 27.1 Å². The van der Waals surface area contributed by atoms with Crippen LogP contribution in [0.25, 0.3) is 10.8 Å². The summed E-state index contributed by atoms with van der Waals surface area (Å²) in [6.45, 7) is 1.96. The predicted molar refractivity (Wildman–Crippen MR) is 146 cm³/mol. The lowest BCUT2D eigenvalue weighted by Gasteiger charge is -2.19. The Bertz CT molecular complexity index is 1510. The topological polar surface area (TPSA) is 102 Å². The van der Waals surface area contributed by atoms with Crippen LogP contribution in [0.2, 0.25) is 0 Å². The zero-order chi connectivity index (χ0) is 26.6. The number of phenolic OH excluding ortho intramolecular Hbond substituents is 1. The van der Waals surface area contributed by atoms with Crippen molar-refractivity contribution in [2.75, 3.05) is 11.9 Å². The molecule has 0 unspecified atom stereocenters. The number of ether oxygens (including phenoxy) is 2. The zero-order valence-electron chi connectivity index (χ0n) is 20.9. The van der Waals surface area contributed by atoms with Crippen molar-refractivity contribution in [1.29, 1.82) is 0 Å². The van der Waals surface area contributed by atoms with E-state index in [1.165, 1.54) is 17.4 Å². The molecular weight excluding hydrogens is 502 g/mol. The third kappa shape index (κ3) is 5.13. The number of benzene rings is 3. The molecule has 1 atom stereocenters. The van der Waals surface area contributed by atoms with Crippen LogP contribution < -0.4 is 5.32 Å². The lowest BCUT2D eigenvalue weighted by Crippen LogP contribution is -2.26. The van der Waals surface area contributed by atoms with Gasteiger partial charge in [0.2, 0.25) is 6.10 Å². The molecule has 0 saturated carbocycles. The molecule has 0 aliphatic heterocycles. The molecule has 4 aromatic rings. The number of anilines is 1. The molecule has 1 aliphatic rings. The summed E-state index contributed by atoms with van der Waals surface area (Å²) in [6, 6.07) is 19.0. The molecule has 0 bridgehead atoms. The van der Waals surface area contributed by atoms with Gasteiger partial charge in [0.15, 0.2) is 0 Å². The Morgan fingerprint density at radius 2 is 1.63 bits per heavy atom. The van der Waals surface area contributed by atoms with E-state index in [2.05, 4.69) is 5.32 Å². The summed E-state index contributed by atoms with van der Waals surface area (Å²) in [5.41, 5.74) is 1.71. The molecular formula is C30H27NO6S. The van der Waals surface area contributed by atoms with Gasteiger partial charge in [-0.05, 0) is 61.1 Å². The summed E-state index contributed by atoms with van der Waals surface area (Å²) in [4.78, 5) is 40.8. The second-order valence-corrected chi connectivity index (χ2v) is 10.1. The summed E-state index contributed by atoms with van der Waals surface area (Å²) < 4.78 is 11.0. The van der Waals surface area contributed by atoms with Crippen molar-refractivity contribution >= 4 is 45.0 Å². The minimum absolute atomic E-state index is 0.0452. The van der Waals surface area contributed by atoms with Crippen LogP contribution in [0.4, 0.5) is 5.00 Å². The first kappa shape index (κ1) is 25.5. The number of amides is 1. The molecule has 1 aliphatic carbocycles. The average molecular weight is 530 g/mol. The zero-order valence-corrected chi connectivity index (χ0v) is 21.7. The highest BCUT2D eigenvalue weighted by Gasteiger charge is 2.31. The number of phenols is 1. The van der Waals surface area contributed by atoms with E-state index in [-0.39, 0.29) is 17.9 Å². The Morgan fingerprint density at radius 1 is 0.947 bits per heavy atom. The molecule has 1 heterocycles. The highest BCUT2D eigenvalue weighted by Crippen LogP contribution is 2.39. The molecule has 7 nitrogen and oxygen atoms in total. The second kappa shape index (κ2) is 11.1. The largest absolute Gasteiger partial charge is 0.507 e. The summed E-state index contributed by atoms with van der Waals surface area (Å²) in [7, 11) is 0. The van der Waals surface area contributed by atoms with Crippen LogP contribution in [0.1, 0.15) is 62.6 Å². The number of nitrogens with one attached hydrogen (secondary N) is 1. The number of aryl methyl sites for hydroxylation is 1. The van der Waals surface area contributed by atoms with E-state index in [1.807, 2.05) is 24.3 Å². The van der Waals surface area contributed by atoms with Crippen LogP contribution in [0.5, 0.6) is 5.75 Å². The monoisotopic (exact) mass is 529 g/mol. The van der Waals surface area contributed by atoms with Gasteiger partial charge in [-0.15, -0.1) is 11.3 Å². The Kier molecular flexibility index (Phi) is 7.42. The molecule has 3 aromatic carbocycles. The first-order valence-corrected chi connectivity index (χ1v) is 13.4. The molecule has 194 valence electrons. The van der Waals surface area contributed by atoms with E-state index in [9.17, 15) is 19.5 Å². The van der Waals surface area contributed by atoms with Gasteiger partial charge in [0.1, 0.15) is 16.3 Å². The SMILES string of the molecule is CCOC(=O)c1c(NC(=O)[C@H](OC(=O)c2cc3ccccc3cc2O)c2ccccc2)sc2c1CCCC2. The van der Waals surface area contributed by atoms with Crippen molar-refractivity contribution in [3.63, 3.8) is 0 Å². The van der Waals surface area contributed by atoms with Gasteiger partial charge in [-0.25, -0.2) is 9.59 Å². The Morgan fingerprint density at radius 3 is 2.37 bits per heavy atom. The summed E-state index contributed by atoms with van der Waals surface area (Å²) >= 11 is 1.36. The Balaban J connectivity index is 1.47. The molecule has 8 heteroatoms. The number of esters is 2. The van der Waals surface area contributed by atoms with Crippen molar-refractivity contribution in [3.8, 4) is 5.75 Å². The number of carbonyl (C=O) groups excluding carboxylic acids is 3. The van der Waals surface area contributed by atoms with E-state index in [0.717, 1.165) is 46.9 Å². The van der Waals surface area contributed by atoms with Crippen molar-refractivity contribution in [2.24, 2.45) is 0 Å². The van der Waals surface area contributed by atoms with Gasteiger partial charge in [0.25, 0.3) is 5.91 Å². The number of fused-ring (bicyclic) bond motifs is 2. The highest BCUT2D eigenvalue weighted by atomic mass is 32.1. The fourth-order valence-corrected chi connectivity index (χ4v) is 5.99. The van der Waals surface area contributed by atoms with Gasteiger partial charge < -0.3 is 19.9 Å². The van der Waals surface area contributed by atoms with E-state index in [0.29, 0.717) is 16.1 Å². The molecule has 38 heavy (non-hydrogen) atoms. The standard InChI is InChI=1S/C30H27NO6S/c1-2-36-30(35)25-21-14-8-9-15-24(21)38-28(25)31-27(33)26(18-10-4-3-5-11-18)37-29(34)22-16-19-12-6-7-13-20(19)17-23(22)32/h3-7,10-13,16-17,26,32H,2,8-9,14-15H2,1H3,(H,31,33)/t26-/m1/s1. The number of thiophene rings is 1. The van der Waals surface area contributed by atoms with Gasteiger partial charge in [-0.3, -0.25) is 4.79 Å². The maximum absolute atomic E-state index is 13.6. The smallest absolute Gasteiger partial charge is 0.343 e. The Hall–Kier alpha value is -4.17. The van der Waals surface area contributed by atoms with Gasteiger partial charge in [-0.2, -0.15) is 0 Å². The van der Waals surface area contributed by atoms with Crippen LogP contribution in [-0.4, -0.2) is 29.6 Å². The highest BCUT2D eigenvalue weighted by molar-refractivity contribution is 7.17. The van der Waals surface area contributed by atoms with E-state index >= 15 is 0 Å². The molecule has 1 amide bonds. The Labute approximate surface area is 224 Å². The number of aromatic hydroxyl groups is 1. The summed E-state index contributed by atoms with van der Waals surface area (Å²) in [6.07, 6.45) is 2.24. The third-order valence-corrected chi connectivity index (χ3v) is 7.74. The van der Waals surface area contributed by atoms with Gasteiger partial charge in [0, 0.05) is 10.4 Å². The van der Waals surface area contributed by atoms with E-state index in [4.69, 9.17) is 9.47 Å². The van der Waals surface area contributed by atoms with Crippen molar-refractivity contribution in [1.82, 2.24) is 0 Å². The number of hydrogen-bond acceptors (Lipinski definition) is 7. The molecule has 0 radical (unpaired) electrons. The predicted octanol–water partition coefficient (Wildman–Crippen LogP) is 6.20. The van der Waals surface area contributed by atoms with E-state index in [1.54, 1.807) is 43.3 Å². The number of hydrogen-bond donors (Lipinski definition) is 2. The quantitative estimate of drug-likeness (QED) is 0.277. The third-order valence-electron chi connectivity index (χ3n) is 6.54. The molecule has 5 rings (SSSR count). The van der Waals surface area contributed by atoms with Gasteiger partial charge in [0.05, 0.1) is 12.2 Å². The van der Waals surface area contributed by atoms with Gasteiger partial charge in [-0.1, -0.05) is 54.6 Å². The van der Waals surface area contributed by atoms with Crippen LogP contribution in [0.3, 0.4) is 0 Å². The average Bonchev–Trinajstić information content (AvgIpc) is 3.29. The van der Waals surface area contributed by atoms with Crippen molar-refractivity contribution < 1.29 is 29.0 Å².